The third-order valence-corrected chi connectivity index (χ3v) is 4.88. The van der Waals surface area contributed by atoms with Crippen molar-refractivity contribution in [2.75, 3.05) is 36.0 Å². The molecule has 0 saturated carbocycles. The highest BCUT2D eigenvalue weighted by molar-refractivity contribution is 5.86. The molecule has 0 aromatic carbocycles. The van der Waals surface area contributed by atoms with E-state index in [1.807, 2.05) is 43.5 Å². The molecule has 4 aromatic heterocycles. The van der Waals surface area contributed by atoms with Gasteiger partial charge in [-0.2, -0.15) is 5.10 Å². The summed E-state index contributed by atoms with van der Waals surface area (Å²) in [7, 11) is 0. The molecule has 0 spiro atoms. The monoisotopic (exact) mass is 373 g/mol. The van der Waals surface area contributed by atoms with Gasteiger partial charge in [0.15, 0.2) is 17.3 Å². The van der Waals surface area contributed by atoms with E-state index < -0.39 is 0 Å². The minimum absolute atomic E-state index is 0.718. The van der Waals surface area contributed by atoms with Crippen molar-refractivity contribution >= 4 is 22.7 Å². The van der Waals surface area contributed by atoms with Crippen molar-refractivity contribution < 1.29 is 0 Å². The van der Waals surface area contributed by atoms with E-state index in [0.717, 1.165) is 60.4 Å². The Morgan fingerprint density at radius 3 is 2.36 bits per heavy atom. The maximum atomic E-state index is 4.49. The number of aromatic nitrogens is 7. The third-order valence-electron chi connectivity index (χ3n) is 4.88. The molecule has 0 amide bonds. The van der Waals surface area contributed by atoms with Crippen molar-refractivity contribution in [3.05, 3.63) is 54.7 Å². The van der Waals surface area contributed by atoms with Crippen LogP contribution in [0.4, 0.5) is 11.6 Å². The summed E-state index contributed by atoms with van der Waals surface area (Å²) in [5.41, 5.74) is 1.68. The summed E-state index contributed by atoms with van der Waals surface area (Å²) in [6.45, 7) is 5.35. The SMILES string of the molecule is Cc1ccn(-c2ccc(N3CCN(c4ncnc5ncccc45)CC3)nn2)n1. The van der Waals surface area contributed by atoms with E-state index in [4.69, 9.17) is 0 Å². The summed E-state index contributed by atoms with van der Waals surface area (Å²) < 4.78 is 1.73. The molecule has 0 radical (unpaired) electrons. The predicted octanol–water partition coefficient (Wildman–Crippen LogP) is 1.64. The first kappa shape index (κ1) is 16.5. The molecule has 0 bridgehead atoms. The van der Waals surface area contributed by atoms with Gasteiger partial charge in [0.05, 0.1) is 11.1 Å². The minimum atomic E-state index is 0.718. The molecule has 1 aliphatic rings. The van der Waals surface area contributed by atoms with Crippen LogP contribution < -0.4 is 9.80 Å². The number of hydrogen-bond acceptors (Lipinski definition) is 8. The minimum Gasteiger partial charge on any atom is -0.352 e. The van der Waals surface area contributed by atoms with Crippen molar-refractivity contribution in [2.24, 2.45) is 0 Å². The van der Waals surface area contributed by atoms with Gasteiger partial charge in [-0.25, -0.2) is 19.6 Å². The zero-order valence-corrected chi connectivity index (χ0v) is 15.5. The van der Waals surface area contributed by atoms with Crippen LogP contribution in [-0.4, -0.2) is 61.1 Å². The Kier molecular flexibility index (Phi) is 4.04. The van der Waals surface area contributed by atoms with Gasteiger partial charge in [-0.1, -0.05) is 0 Å². The van der Waals surface area contributed by atoms with E-state index in [2.05, 4.69) is 40.0 Å². The first-order valence-corrected chi connectivity index (χ1v) is 9.20. The zero-order valence-electron chi connectivity index (χ0n) is 15.5. The number of piperazine rings is 1. The van der Waals surface area contributed by atoms with Gasteiger partial charge in [0.1, 0.15) is 12.1 Å². The molecule has 9 nitrogen and oxygen atoms in total. The first-order chi connectivity index (χ1) is 13.8. The zero-order chi connectivity index (χ0) is 18.9. The molecular weight excluding hydrogens is 354 g/mol. The van der Waals surface area contributed by atoms with E-state index in [9.17, 15) is 0 Å². The highest BCUT2D eigenvalue weighted by atomic mass is 15.4. The molecule has 140 valence electrons. The highest BCUT2D eigenvalue weighted by Gasteiger charge is 2.21. The molecule has 9 heteroatoms. The normalized spacial score (nSPS) is 14.6. The van der Waals surface area contributed by atoms with Crippen molar-refractivity contribution in [1.82, 2.24) is 34.9 Å². The molecule has 1 saturated heterocycles. The number of fused-ring (bicyclic) bond motifs is 1. The average Bonchev–Trinajstić information content (AvgIpc) is 3.20. The number of aryl methyl sites for hydroxylation is 1. The van der Waals surface area contributed by atoms with Crippen LogP contribution in [0.5, 0.6) is 0 Å². The van der Waals surface area contributed by atoms with E-state index >= 15 is 0 Å². The fourth-order valence-electron chi connectivity index (χ4n) is 3.43. The number of nitrogens with zero attached hydrogens (tertiary/aromatic N) is 9. The molecule has 4 aromatic rings. The molecule has 28 heavy (non-hydrogen) atoms. The van der Waals surface area contributed by atoms with Crippen molar-refractivity contribution in [2.45, 2.75) is 6.92 Å². The van der Waals surface area contributed by atoms with Crippen molar-refractivity contribution in [3.8, 4) is 5.82 Å². The lowest BCUT2D eigenvalue weighted by Crippen LogP contribution is -2.47. The van der Waals surface area contributed by atoms with Crippen LogP contribution in [0.2, 0.25) is 0 Å². The predicted molar refractivity (Wildman–Crippen MR) is 106 cm³/mol. The lowest BCUT2D eigenvalue weighted by atomic mass is 10.2. The Bertz CT molecular complexity index is 1090. The second-order valence-electron chi connectivity index (χ2n) is 6.70. The quantitative estimate of drug-likeness (QED) is 0.535. The Hall–Kier alpha value is -3.62. The molecule has 0 N–H and O–H groups in total. The summed E-state index contributed by atoms with van der Waals surface area (Å²) in [4.78, 5) is 17.6. The topological polar surface area (TPSA) is 88.8 Å². The van der Waals surface area contributed by atoms with E-state index in [0.29, 0.717) is 0 Å². The van der Waals surface area contributed by atoms with Gasteiger partial charge in [-0.05, 0) is 37.3 Å². The Morgan fingerprint density at radius 2 is 1.61 bits per heavy atom. The average molecular weight is 373 g/mol. The lowest BCUT2D eigenvalue weighted by molar-refractivity contribution is 0.638. The lowest BCUT2D eigenvalue weighted by Gasteiger charge is -2.36. The summed E-state index contributed by atoms with van der Waals surface area (Å²) in [6.07, 6.45) is 5.22. The molecule has 1 aliphatic heterocycles. The van der Waals surface area contributed by atoms with E-state index in [-0.39, 0.29) is 0 Å². The number of pyridine rings is 1. The van der Waals surface area contributed by atoms with Crippen LogP contribution in [0.1, 0.15) is 5.69 Å². The van der Waals surface area contributed by atoms with Gasteiger partial charge >= 0.3 is 0 Å². The summed E-state index contributed by atoms with van der Waals surface area (Å²) in [6, 6.07) is 9.83. The second kappa shape index (κ2) is 6.84. The number of anilines is 2. The highest BCUT2D eigenvalue weighted by Crippen LogP contribution is 2.23. The smallest absolute Gasteiger partial charge is 0.175 e. The maximum absolute atomic E-state index is 4.49. The molecule has 1 fully saturated rings. The summed E-state index contributed by atoms with van der Waals surface area (Å²) in [5.74, 6) is 2.53. The van der Waals surface area contributed by atoms with Crippen LogP contribution >= 0.6 is 0 Å². The number of hydrogen-bond donors (Lipinski definition) is 0. The fraction of sp³-hybridized carbons (Fsp3) is 0.263. The van der Waals surface area contributed by atoms with Crippen LogP contribution in [0.15, 0.2) is 49.1 Å². The van der Waals surface area contributed by atoms with E-state index in [1.54, 1.807) is 17.2 Å². The third kappa shape index (κ3) is 3.00. The molecule has 5 heterocycles. The van der Waals surface area contributed by atoms with Crippen LogP contribution in [0.3, 0.4) is 0 Å². The largest absolute Gasteiger partial charge is 0.352 e. The van der Waals surface area contributed by atoms with E-state index in [1.165, 1.54) is 0 Å². The fourth-order valence-corrected chi connectivity index (χ4v) is 3.43. The molecule has 0 atom stereocenters. The van der Waals surface area contributed by atoms with Gasteiger partial charge in [-0.3, -0.25) is 0 Å². The summed E-state index contributed by atoms with van der Waals surface area (Å²) >= 11 is 0. The van der Waals surface area contributed by atoms with Gasteiger partial charge in [-0.15, -0.1) is 10.2 Å². The van der Waals surface area contributed by atoms with Crippen LogP contribution in [0.25, 0.3) is 16.9 Å². The van der Waals surface area contributed by atoms with Crippen LogP contribution in [0, 0.1) is 6.92 Å². The molecule has 0 unspecified atom stereocenters. The maximum Gasteiger partial charge on any atom is 0.175 e. The van der Waals surface area contributed by atoms with Gasteiger partial charge < -0.3 is 9.80 Å². The van der Waals surface area contributed by atoms with Crippen molar-refractivity contribution in [3.63, 3.8) is 0 Å². The Balaban J connectivity index is 1.30. The molecule has 0 aliphatic carbocycles. The summed E-state index contributed by atoms with van der Waals surface area (Å²) in [5, 5.41) is 14.1. The van der Waals surface area contributed by atoms with Gasteiger partial charge in [0.2, 0.25) is 0 Å². The number of rotatable bonds is 3. The Morgan fingerprint density at radius 1 is 0.821 bits per heavy atom. The first-order valence-electron chi connectivity index (χ1n) is 9.20. The van der Waals surface area contributed by atoms with Crippen molar-refractivity contribution in [1.29, 1.82) is 0 Å². The second-order valence-corrected chi connectivity index (χ2v) is 6.70. The standard InChI is InChI=1S/C19H19N9/c1-14-6-8-28(25-14)17-5-4-16(23-24-17)26-9-11-27(12-10-26)19-15-3-2-7-20-18(15)21-13-22-19/h2-8,13H,9-12H2,1H3. The van der Waals surface area contributed by atoms with Gasteiger partial charge in [0, 0.05) is 38.6 Å². The molecular formula is C19H19N9. The van der Waals surface area contributed by atoms with Crippen LogP contribution in [-0.2, 0) is 0 Å². The molecule has 5 rings (SSSR count). The van der Waals surface area contributed by atoms with Gasteiger partial charge in [0.25, 0.3) is 0 Å². The Labute approximate surface area is 161 Å².